The Bertz CT molecular complexity index is 501. The molecule has 3 aliphatic rings. The molecular formula is C14H18N2O3S. The van der Waals surface area contributed by atoms with E-state index in [2.05, 4.69) is 22.5 Å². The molecule has 0 saturated carbocycles. The molecule has 0 radical (unpaired) electrons. The van der Waals surface area contributed by atoms with Crippen molar-refractivity contribution in [2.45, 2.75) is 36.8 Å². The van der Waals surface area contributed by atoms with Gasteiger partial charge in [-0.3, -0.25) is 9.79 Å². The number of ether oxygens (including phenoxy) is 2. The van der Waals surface area contributed by atoms with Crippen LogP contribution >= 0.6 is 11.8 Å². The number of rotatable bonds is 3. The van der Waals surface area contributed by atoms with Crippen LogP contribution in [0.25, 0.3) is 0 Å². The van der Waals surface area contributed by atoms with Gasteiger partial charge >= 0.3 is 5.97 Å². The number of allylic oxidation sites excluding steroid dienone is 1. The van der Waals surface area contributed by atoms with Gasteiger partial charge in [0, 0.05) is 13.0 Å². The van der Waals surface area contributed by atoms with E-state index in [1.807, 2.05) is 13.0 Å². The van der Waals surface area contributed by atoms with Crippen molar-refractivity contribution < 1.29 is 14.3 Å². The number of carbonyl (C=O) groups is 1. The van der Waals surface area contributed by atoms with Crippen LogP contribution in [0.5, 0.6) is 0 Å². The Labute approximate surface area is 122 Å². The Morgan fingerprint density at radius 3 is 3.20 bits per heavy atom. The highest BCUT2D eigenvalue weighted by Gasteiger charge is 2.33. The summed E-state index contributed by atoms with van der Waals surface area (Å²) in [6, 6.07) is -0.0704. The lowest BCUT2D eigenvalue weighted by molar-refractivity contribution is -0.142. The summed E-state index contributed by atoms with van der Waals surface area (Å²) in [5.74, 6) is 0.624. The first-order chi connectivity index (χ1) is 9.65. The van der Waals surface area contributed by atoms with Crippen LogP contribution in [-0.4, -0.2) is 48.1 Å². The molecule has 0 spiro atoms. The van der Waals surface area contributed by atoms with E-state index < -0.39 is 0 Å². The Morgan fingerprint density at radius 2 is 2.40 bits per heavy atom. The smallest absolute Gasteiger partial charge is 0.323 e. The van der Waals surface area contributed by atoms with E-state index in [1.165, 1.54) is 7.11 Å². The molecule has 4 atom stereocenters. The lowest BCUT2D eigenvalue weighted by Crippen LogP contribution is -2.31. The maximum absolute atomic E-state index is 11.4. The lowest BCUT2D eigenvalue weighted by Gasteiger charge is -2.20. The molecule has 1 aliphatic carbocycles. The second-order valence-corrected chi connectivity index (χ2v) is 6.48. The summed E-state index contributed by atoms with van der Waals surface area (Å²) in [7, 11) is 1.41. The first-order valence-electron chi connectivity index (χ1n) is 6.74. The van der Waals surface area contributed by atoms with Gasteiger partial charge in [0.2, 0.25) is 0 Å². The molecule has 2 aliphatic heterocycles. The lowest BCUT2D eigenvalue weighted by atomic mass is 10.1. The van der Waals surface area contributed by atoms with Crippen molar-refractivity contribution in [1.29, 1.82) is 0 Å². The van der Waals surface area contributed by atoms with Crippen LogP contribution in [-0.2, 0) is 14.3 Å². The van der Waals surface area contributed by atoms with Gasteiger partial charge in [-0.1, -0.05) is 6.08 Å². The number of aliphatic imine (C=N–C) groups is 1. The Hall–Kier alpha value is -1.27. The highest BCUT2D eigenvalue weighted by molar-refractivity contribution is 8.14. The summed E-state index contributed by atoms with van der Waals surface area (Å²) in [6.45, 7) is 2.70. The number of thioether (sulfide) groups is 1. The fraction of sp³-hybridized carbons (Fsp3) is 0.571. The molecule has 1 N–H and O–H groups in total. The quantitative estimate of drug-likeness (QED) is 0.794. The third-order valence-electron chi connectivity index (χ3n) is 3.64. The minimum absolute atomic E-state index is 0.00526. The van der Waals surface area contributed by atoms with Crippen LogP contribution in [0.2, 0.25) is 0 Å². The number of hydrogen-bond donors (Lipinski definition) is 1. The number of hydrogen-bond acceptors (Lipinski definition) is 6. The van der Waals surface area contributed by atoms with Crippen molar-refractivity contribution >= 4 is 22.8 Å². The van der Waals surface area contributed by atoms with Crippen molar-refractivity contribution in [2.75, 3.05) is 13.7 Å². The third-order valence-corrected chi connectivity index (χ3v) is 4.79. The van der Waals surface area contributed by atoms with Crippen molar-refractivity contribution in [1.82, 2.24) is 5.32 Å². The van der Waals surface area contributed by atoms with E-state index in [-0.39, 0.29) is 24.2 Å². The van der Waals surface area contributed by atoms with Gasteiger partial charge in [-0.15, -0.1) is 11.8 Å². The maximum Gasteiger partial charge on any atom is 0.323 e. The van der Waals surface area contributed by atoms with Crippen molar-refractivity contribution in [3.8, 4) is 0 Å². The van der Waals surface area contributed by atoms with E-state index >= 15 is 0 Å². The van der Waals surface area contributed by atoms with Crippen molar-refractivity contribution in [3.63, 3.8) is 0 Å². The predicted molar refractivity (Wildman–Crippen MR) is 78.8 cm³/mol. The van der Waals surface area contributed by atoms with Crippen LogP contribution in [0.1, 0.15) is 13.3 Å². The number of carbonyl (C=O) groups excluding carboxylic acids is 1. The summed E-state index contributed by atoms with van der Waals surface area (Å²) in [5, 5.41) is 4.65. The van der Waals surface area contributed by atoms with Gasteiger partial charge in [0.15, 0.2) is 0 Å². The second-order valence-electron chi connectivity index (χ2n) is 5.11. The minimum atomic E-state index is -0.256. The number of fused-ring (bicyclic) bond motifs is 1. The van der Waals surface area contributed by atoms with Gasteiger partial charge in [-0.05, 0) is 19.1 Å². The highest BCUT2D eigenvalue weighted by Crippen LogP contribution is 2.33. The van der Waals surface area contributed by atoms with Gasteiger partial charge < -0.3 is 14.8 Å². The molecule has 1 fully saturated rings. The fourth-order valence-corrected chi connectivity index (χ4v) is 3.68. The Morgan fingerprint density at radius 1 is 1.55 bits per heavy atom. The first-order valence-corrected chi connectivity index (χ1v) is 7.62. The summed E-state index contributed by atoms with van der Waals surface area (Å²) in [6.07, 6.45) is 6.87. The molecule has 108 valence electrons. The molecule has 1 saturated heterocycles. The molecule has 5 nitrogen and oxygen atoms in total. The van der Waals surface area contributed by atoms with E-state index in [9.17, 15) is 4.79 Å². The molecule has 6 heteroatoms. The van der Waals surface area contributed by atoms with Gasteiger partial charge in [-0.25, -0.2) is 0 Å². The van der Waals surface area contributed by atoms with E-state index in [0.717, 1.165) is 10.8 Å². The molecule has 0 amide bonds. The van der Waals surface area contributed by atoms with Crippen LogP contribution in [0.15, 0.2) is 29.0 Å². The molecule has 0 bridgehead atoms. The standard InChI is InChI=1S/C14H18N2O3S/c1-8-16-11-5-9(3-4-13(11)20-8)19-10-6-12(15-7-10)14(17)18-2/h3-5,10-13,15H,6-7H2,1-2H3/t10-,11+,12-,13-/m0/s1. The largest absolute Gasteiger partial charge is 0.489 e. The fourth-order valence-electron chi connectivity index (χ4n) is 2.67. The predicted octanol–water partition coefficient (Wildman–Crippen LogP) is 1.26. The molecule has 0 aromatic heterocycles. The summed E-state index contributed by atoms with van der Waals surface area (Å²) in [5.41, 5.74) is 0. The maximum atomic E-state index is 11.4. The zero-order chi connectivity index (χ0) is 14.1. The van der Waals surface area contributed by atoms with Crippen molar-refractivity contribution in [2.24, 2.45) is 4.99 Å². The summed E-state index contributed by atoms with van der Waals surface area (Å²) in [4.78, 5) is 16.0. The normalized spacial score (nSPS) is 35.3. The van der Waals surface area contributed by atoms with Gasteiger partial charge in [-0.2, -0.15) is 0 Å². The molecule has 2 heterocycles. The molecule has 0 unspecified atom stereocenters. The molecule has 3 rings (SSSR count). The van der Waals surface area contributed by atoms with E-state index in [4.69, 9.17) is 9.47 Å². The van der Waals surface area contributed by atoms with Gasteiger partial charge in [0.25, 0.3) is 0 Å². The molecule has 0 aromatic carbocycles. The SMILES string of the molecule is COC(=O)[C@@H]1C[C@H](OC2=C[C@H]3N=C(C)S[C@H]3C=C2)CN1. The molecular weight excluding hydrogens is 276 g/mol. The second kappa shape index (κ2) is 5.61. The zero-order valence-corrected chi connectivity index (χ0v) is 12.4. The molecule has 0 aromatic rings. The number of methoxy groups -OCH3 is 1. The third kappa shape index (κ3) is 2.76. The topological polar surface area (TPSA) is 59.9 Å². The number of nitrogens with one attached hydrogen (secondary N) is 1. The van der Waals surface area contributed by atoms with E-state index in [0.29, 0.717) is 18.2 Å². The average Bonchev–Trinajstić information content (AvgIpc) is 3.03. The Balaban J connectivity index is 1.58. The highest BCUT2D eigenvalue weighted by atomic mass is 32.2. The summed E-state index contributed by atoms with van der Waals surface area (Å²) < 4.78 is 10.7. The minimum Gasteiger partial charge on any atom is -0.489 e. The van der Waals surface area contributed by atoms with Crippen LogP contribution in [0.3, 0.4) is 0 Å². The van der Waals surface area contributed by atoms with Crippen LogP contribution in [0, 0.1) is 0 Å². The van der Waals surface area contributed by atoms with Gasteiger partial charge in [0.1, 0.15) is 17.9 Å². The average molecular weight is 294 g/mol. The van der Waals surface area contributed by atoms with Gasteiger partial charge in [0.05, 0.1) is 23.4 Å². The summed E-state index contributed by atoms with van der Waals surface area (Å²) >= 11 is 1.79. The monoisotopic (exact) mass is 294 g/mol. The number of esters is 1. The van der Waals surface area contributed by atoms with Crippen molar-refractivity contribution in [3.05, 3.63) is 24.0 Å². The molecule has 20 heavy (non-hydrogen) atoms. The van der Waals surface area contributed by atoms with E-state index in [1.54, 1.807) is 11.8 Å². The zero-order valence-electron chi connectivity index (χ0n) is 11.5. The number of nitrogens with zero attached hydrogens (tertiary/aromatic N) is 1. The van der Waals surface area contributed by atoms with Crippen LogP contribution < -0.4 is 5.32 Å². The Kier molecular flexibility index (Phi) is 3.85. The van der Waals surface area contributed by atoms with Crippen LogP contribution in [0.4, 0.5) is 0 Å². The first kappa shape index (κ1) is 13.7.